The molecule has 0 heteroatoms. The Balaban J connectivity index is 2.81. The lowest BCUT2D eigenvalue weighted by Crippen LogP contribution is -2.25. The van der Waals surface area contributed by atoms with Crippen LogP contribution in [-0.4, -0.2) is 0 Å². The Hall–Kier alpha value is -2.04. The summed E-state index contributed by atoms with van der Waals surface area (Å²) in [4.78, 5) is 0. The molecule has 0 aliphatic heterocycles. The molecular formula is C33H48. The Morgan fingerprint density at radius 1 is 1.03 bits per heavy atom. The SMILES string of the molecule is C=C1C=CC2=C(C=C=CC1)C(CC)(CCCCC)CC(C)=CC=CC(CCCC)=CC2CC. The fraction of sp³-hybridized carbons (Fsp3) is 0.545. The molecule has 0 aromatic heterocycles. The molecule has 0 spiro atoms. The molecule has 2 aliphatic carbocycles. The van der Waals surface area contributed by atoms with Gasteiger partial charge in [0.1, 0.15) is 0 Å². The van der Waals surface area contributed by atoms with Crippen LogP contribution in [0.3, 0.4) is 0 Å². The molecule has 0 fully saturated rings. The fourth-order valence-corrected chi connectivity index (χ4v) is 5.31. The molecule has 0 radical (unpaired) electrons. The quantitative estimate of drug-likeness (QED) is 0.245. The van der Waals surface area contributed by atoms with E-state index in [2.05, 4.69) is 95.5 Å². The van der Waals surface area contributed by atoms with Crippen molar-refractivity contribution in [2.24, 2.45) is 11.3 Å². The van der Waals surface area contributed by atoms with E-state index >= 15 is 0 Å². The third-order valence-electron chi connectivity index (χ3n) is 7.41. The second kappa shape index (κ2) is 14.3. The van der Waals surface area contributed by atoms with Crippen LogP contribution in [0.1, 0.15) is 105 Å². The lowest BCUT2D eigenvalue weighted by atomic mass is 9.66. The smallest absolute Gasteiger partial charge is 0.00243 e. The molecule has 0 saturated carbocycles. The van der Waals surface area contributed by atoms with Gasteiger partial charge >= 0.3 is 0 Å². The Bertz CT molecular complexity index is 860. The van der Waals surface area contributed by atoms with Crippen LogP contribution >= 0.6 is 0 Å². The van der Waals surface area contributed by atoms with Gasteiger partial charge in [-0.15, -0.1) is 5.73 Å². The van der Waals surface area contributed by atoms with Crippen molar-refractivity contribution in [2.75, 3.05) is 0 Å². The lowest BCUT2D eigenvalue weighted by Gasteiger charge is -2.37. The number of unbranched alkanes of at least 4 members (excludes halogenated alkanes) is 3. The van der Waals surface area contributed by atoms with Crippen molar-refractivity contribution in [3.05, 3.63) is 88.8 Å². The average molecular weight is 445 g/mol. The first-order valence-corrected chi connectivity index (χ1v) is 13.6. The summed E-state index contributed by atoms with van der Waals surface area (Å²) < 4.78 is 0. The van der Waals surface area contributed by atoms with E-state index in [0.717, 1.165) is 37.7 Å². The van der Waals surface area contributed by atoms with E-state index in [1.54, 1.807) is 0 Å². The van der Waals surface area contributed by atoms with Crippen molar-refractivity contribution in [3.8, 4) is 0 Å². The van der Waals surface area contributed by atoms with Crippen LogP contribution < -0.4 is 0 Å². The molecule has 33 heavy (non-hydrogen) atoms. The van der Waals surface area contributed by atoms with Gasteiger partial charge in [-0.25, -0.2) is 0 Å². The molecule has 2 rings (SSSR count). The van der Waals surface area contributed by atoms with Gasteiger partial charge in [-0.05, 0) is 80.6 Å². The van der Waals surface area contributed by atoms with E-state index in [1.165, 1.54) is 60.8 Å². The van der Waals surface area contributed by atoms with Gasteiger partial charge in [-0.1, -0.05) is 113 Å². The highest BCUT2D eigenvalue weighted by atomic mass is 14.4. The monoisotopic (exact) mass is 444 g/mol. The van der Waals surface area contributed by atoms with Crippen LogP contribution in [0.4, 0.5) is 0 Å². The maximum atomic E-state index is 4.29. The largest absolute Gasteiger partial charge is 0.125 e. The van der Waals surface area contributed by atoms with E-state index in [4.69, 9.17) is 0 Å². The maximum Gasteiger partial charge on any atom is 0.00243 e. The number of hydrogen-bond donors (Lipinski definition) is 0. The topological polar surface area (TPSA) is 0 Å². The molecule has 0 nitrogen and oxygen atoms in total. The average Bonchev–Trinajstić information content (AvgIpc) is 2.89. The summed E-state index contributed by atoms with van der Waals surface area (Å²) in [5, 5.41) is 0. The van der Waals surface area contributed by atoms with Crippen LogP contribution in [0.25, 0.3) is 0 Å². The molecule has 0 bridgehead atoms. The molecule has 2 atom stereocenters. The molecule has 0 saturated heterocycles. The number of rotatable bonds is 9. The van der Waals surface area contributed by atoms with Crippen LogP contribution in [0.2, 0.25) is 0 Å². The third-order valence-corrected chi connectivity index (χ3v) is 7.41. The van der Waals surface area contributed by atoms with Crippen LogP contribution in [0, 0.1) is 11.3 Å². The minimum atomic E-state index is 0.144. The van der Waals surface area contributed by atoms with Gasteiger partial charge in [0.15, 0.2) is 0 Å². The van der Waals surface area contributed by atoms with Gasteiger partial charge < -0.3 is 0 Å². The number of hydrogen-bond acceptors (Lipinski definition) is 0. The minimum Gasteiger partial charge on any atom is -0.125 e. The van der Waals surface area contributed by atoms with Crippen LogP contribution in [0.15, 0.2) is 88.8 Å². The summed E-state index contributed by atoms with van der Waals surface area (Å²) in [5.74, 6) is 0.409. The normalized spacial score (nSPS) is 23.9. The molecule has 0 N–H and O–H groups in total. The van der Waals surface area contributed by atoms with Gasteiger partial charge in [0, 0.05) is 5.92 Å². The Morgan fingerprint density at radius 3 is 2.52 bits per heavy atom. The summed E-state index contributed by atoms with van der Waals surface area (Å²) in [6.07, 6.45) is 31.7. The lowest BCUT2D eigenvalue weighted by molar-refractivity contribution is 0.300. The van der Waals surface area contributed by atoms with Crippen molar-refractivity contribution >= 4 is 0 Å². The summed E-state index contributed by atoms with van der Waals surface area (Å²) in [6, 6.07) is 0. The summed E-state index contributed by atoms with van der Waals surface area (Å²) in [5.41, 5.74) is 10.8. The molecular weight excluding hydrogens is 396 g/mol. The highest BCUT2D eigenvalue weighted by Gasteiger charge is 2.34. The van der Waals surface area contributed by atoms with Crippen LogP contribution in [0.5, 0.6) is 0 Å². The van der Waals surface area contributed by atoms with E-state index < -0.39 is 0 Å². The van der Waals surface area contributed by atoms with Crippen molar-refractivity contribution in [1.29, 1.82) is 0 Å². The first-order chi connectivity index (χ1) is 16.0. The molecule has 0 aromatic rings. The van der Waals surface area contributed by atoms with E-state index in [0.29, 0.717) is 5.92 Å². The Morgan fingerprint density at radius 2 is 1.82 bits per heavy atom. The predicted molar refractivity (Wildman–Crippen MR) is 148 cm³/mol. The van der Waals surface area contributed by atoms with Gasteiger partial charge in [-0.3, -0.25) is 0 Å². The minimum absolute atomic E-state index is 0.144. The molecule has 0 aromatic carbocycles. The van der Waals surface area contributed by atoms with E-state index in [1.807, 2.05) is 0 Å². The zero-order valence-corrected chi connectivity index (χ0v) is 22.2. The zero-order valence-electron chi connectivity index (χ0n) is 22.2. The molecule has 0 heterocycles. The molecule has 2 unspecified atom stereocenters. The van der Waals surface area contributed by atoms with Crippen molar-refractivity contribution < 1.29 is 0 Å². The summed E-state index contributed by atoms with van der Waals surface area (Å²) in [6.45, 7) is 16.0. The predicted octanol–water partition coefficient (Wildman–Crippen LogP) is 10.5. The molecule has 180 valence electrons. The third kappa shape index (κ3) is 8.04. The summed E-state index contributed by atoms with van der Waals surface area (Å²) in [7, 11) is 0. The van der Waals surface area contributed by atoms with Gasteiger partial charge in [0.05, 0.1) is 0 Å². The molecule has 0 amide bonds. The molecule has 2 aliphatic rings. The van der Waals surface area contributed by atoms with E-state index in [9.17, 15) is 0 Å². The van der Waals surface area contributed by atoms with Crippen LogP contribution in [-0.2, 0) is 0 Å². The van der Waals surface area contributed by atoms with Gasteiger partial charge in [0.2, 0.25) is 0 Å². The van der Waals surface area contributed by atoms with Crippen molar-refractivity contribution in [3.63, 3.8) is 0 Å². The van der Waals surface area contributed by atoms with Crippen molar-refractivity contribution in [1.82, 2.24) is 0 Å². The summed E-state index contributed by atoms with van der Waals surface area (Å²) >= 11 is 0. The second-order valence-corrected chi connectivity index (χ2v) is 10.1. The Labute approximate surface area is 205 Å². The number of allylic oxidation sites excluding steroid dienone is 12. The second-order valence-electron chi connectivity index (χ2n) is 10.1. The fourth-order valence-electron chi connectivity index (χ4n) is 5.31. The van der Waals surface area contributed by atoms with Crippen molar-refractivity contribution in [2.45, 2.75) is 105 Å². The Kier molecular flexibility index (Phi) is 11.8. The van der Waals surface area contributed by atoms with E-state index in [-0.39, 0.29) is 5.41 Å². The highest BCUT2D eigenvalue weighted by Crippen LogP contribution is 2.47. The highest BCUT2D eigenvalue weighted by molar-refractivity contribution is 5.46. The van der Waals surface area contributed by atoms with Gasteiger partial charge in [0.25, 0.3) is 0 Å². The maximum absolute atomic E-state index is 4.29. The van der Waals surface area contributed by atoms with Gasteiger partial charge in [-0.2, -0.15) is 0 Å². The first kappa shape index (κ1) is 27.2. The zero-order chi connectivity index (χ0) is 24.1. The first-order valence-electron chi connectivity index (χ1n) is 13.6. The standard InChI is InChI=1S/C33H48/c1-7-11-15-24-33(10-4)26-28(6)18-16-20-29(19-12-8-2)25-30(9-3)31-23-22-27(5)17-13-14-21-32(31)33/h13,16,18,20-23,25,30H,5,7-12,15,17,19,24,26H2,1-4,6H3.